The third-order valence-electron chi connectivity index (χ3n) is 4.94. The fourth-order valence-electron chi connectivity index (χ4n) is 2.75. The molecule has 120 valence electrons. The summed E-state index contributed by atoms with van der Waals surface area (Å²) in [6.07, 6.45) is 0. The molecule has 0 amide bonds. The Balaban J connectivity index is 1.86. The molecule has 1 aliphatic rings. The summed E-state index contributed by atoms with van der Waals surface area (Å²) >= 11 is 0. The zero-order chi connectivity index (χ0) is 16.7. The fourth-order valence-corrected chi connectivity index (χ4v) is 2.75. The van der Waals surface area contributed by atoms with Gasteiger partial charge in [-0.15, -0.1) is 0 Å². The summed E-state index contributed by atoms with van der Waals surface area (Å²) in [5, 5.41) is 0. The summed E-state index contributed by atoms with van der Waals surface area (Å²) in [6, 6.07) is 18.6. The lowest BCUT2D eigenvalue weighted by atomic mass is 9.74. The Morgan fingerprint density at radius 2 is 1.39 bits per heavy atom. The Kier molecular flexibility index (Phi) is 4.09. The van der Waals surface area contributed by atoms with Crippen molar-refractivity contribution in [1.82, 2.24) is 0 Å². The van der Waals surface area contributed by atoms with Gasteiger partial charge in [-0.3, -0.25) is 0 Å². The van der Waals surface area contributed by atoms with Crippen molar-refractivity contribution < 1.29 is 9.31 Å². The first-order chi connectivity index (χ1) is 10.8. The van der Waals surface area contributed by atoms with E-state index in [0.29, 0.717) is 0 Å². The lowest BCUT2D eigenvalue weighted by Crippen LogP contribution is -2.41. The van der Waals surface area contributed by atoms with Crippen LogP contribution in [0.1, 0.15) is 39.2 Å². The van der Waals surface area contributed by atoms with Gasteiger partial charge in [-0.1, -0.05) is 54.6 Å². The van der Waals surface area contributed by atoms with Crippen molar-refractivity contribution in [1.29, 1.82) is 0 Å². The molecule has 4 heteroatoms. The molecule has 1 heterocycles. The monoisotopic (exact) mass is 309 g/mol. The number of nitrogens with two attached hydrogens (primary N) is 1. The van der Waals surface area contributed by atoms with Crippen LogP contribution in [0.3, 0.4) is 0 Å². The molecule has 0 radical (unpaired) electrons. The first kappa shape index (κ1) is 16.3. The molecule has 2 aromatic carbocycles. The summed E-state index contributed by atoms with van der Waals surface area (Å²) in [5.74, 6) is -0.320. The minimum absolute atomic E-state index is 0.320. The van der Waals surface area contributed by atoms with Crippen LogP contribution < -0.4 is 5.73 Å². The average Bonchev–Trinajstić information content (AvgIpc) is 2.76. The minimum Gasteiger partial charge on any atom is -0.402 e. The van der Waals surface area contributed by atoms with E-state index in [1.54, 1.807) is 0 Å². The second-order valence-corrected chi connectivity index (χ2v) is 7.14. The van der Waals surface area contributed by atoms with Crippen LogP contribution in [0.2, 0.25) is 0 Å². The Hall–Kier alpha value is -1.62. The molecule has 0 saturated carbocycles. The van der Waals surface area contributed by atoms with Crippen molar-refractivity contribution in [2.24, 2.45) is 5.73 Å². The molecule has 1 fully saturated rings. The van der Waals surface area contributed by atoms with Gasteiger partial charge in [-0.2, -0.15) is 0 Å². The van der Waals surface area contributed by atoms with E-state index >= 15 is 0 Å². The van der Waals surface area contributed by atoms with E-state index in [4.69, 9.17) is 15.0 Å². The maximum atomic E-state index is 6.44. The van der Waals surface area contributed by atoms with Crippen LogP contribution >= 0.6 is 0 Å². The van der Waals surface area contributed by atoms with Gasteiger partial charge in [0.05, 0.1) is 17.1 Å². The third kappa shape index (κ3) is 3.07. The van der Waals surface area contributed by atoms with Gasteiger partial charge >= 0.3 is 7.12 Å². The smallest absolute Gasteiger partial charge is 0.402 e. The highest BCUT2D eigenvalue weighted by molar-refractivity contribution is 6.47. The summed E-state index contributed by atoms with van der Waals surface area (Å²) in [4.78, 5) is 0. The summed E-state index contributed by atoms with van der Waals surface area (Å²) in [5.41, 5.74) is 9.04. The van der Waals surface area contributed by atoms with Crippen LogP contribution in [0, 0.1) is 0 Å². The van der Waals surface area contributed by atoms with Gasteiger partial charge in [0.15, 0.2) is 0 Å². The zero-order valence-corrected chi connectivity index (χ0v) is 14.2. The number of benzene rings is 2. The highest BCUT2D eigenvalue weighted by Crippen LogP contribution is 2.39. The van der Waals surface area contributed by atoms with Gasteiger partial charge in [0, 0.05) is 0 Å². The largest absolute Gasteiger partial charge is 0.480 e. The van der Waals surface area contributed by atoms with E-state index in [1.807, 2.05) is 58.0 Å². The highest BCUT2D eigenvalue weighted by atomic mass is 16.7. The molecular formula is C19H24BNO2. The van der Waals surface area contributed by atoms with Gasteiger partial charge in [-0.25, -0.2) is 0 Å². The topological polar surface area (TPSA) is 44.5 Å². The van der Waals surface area contributed by atoms with E-state index in [0.717, 1.165) is 11.1 Å². The summed E-state index contributed by atoms with van der Waals surface area (Å²) in [7, 11) is -0.439. The second-order valence-electron chi connectivity index (χ2n) is 7.14. The minimum atomic E-state index is -0.439. The zero-order valence-electron chi connectivity index (χ0n) is 14.2. The van der Waals surface area contributed by atoms with Gasteiger partial charge in [-0.05, 0) is 44.4 Å². The Morgan fingerprint density at radius 3 is 2.00 bits per heavy atom. The molecule has 0 unspecified atom stereocenters. The summed E-state index contributed by atoms with van der Waals surface area (Å²) < 4.78 is 12.2. The molecule has 0 aromatic heterocycles. The predicted octanol–water partition coefficient (Wildman–Crippen LogP) is 3.98. The molecule has 0 bridgehead atoms. The van der Waals surface area contributed by atoms with E-state index in [9.17, 15) is 0 Å². The molecule has 2 N–H and O–H groups in total. The number of hydrogen-bond acceptors (Lipinski definition) is 3. The average molecular weight is 309 g/mol. The molecule has 3 nitrogen and oxygen atoms in total. The highest BCUT2D eigenvalue weighted by Gasteiger charge is 2.53. The Labute approximate surface area is 138 Å². The van der Waals surface area contributed by atoms with Crippen LogP contribution in [0.4, 0.5) is 0 Å². The van der Waals surface area contributed by atoms with Gasteiger partial charge in [0.1, 0.15) is 0 Å². The summed E-state index contributed by atoms with van der Waals surface area (Å²) in [6.45, 7) is 8.17. The Bertz CT molecular complexity index is 669. The molecule has 1 saturated heterocycles. The van der Waals surface area contributed by atoms with Crippen molar-refractivity contribution >= 4 is 7.12 Å². The van der Waals surface area contributed by atoms with Crippen molar-refractivity contribution in [2.45, 2.75) is 44.8 Å². The van der Waals surface area contributed by atoms with E-state index in [-0.39, 0.29) is 17.1 Å². The van der Waals surface area contributed by atoms with Crippen molar-refractivity contribution in [2.75, 3.05) is 0 Å². The molecule has 1 aliphatic heterocycles. The van der Waals surface area contributed by atoms with Crippen LogP contribution in [0.15, 0.2) is 54.6 Å². The maximum Gasteiger partial charge on any atom is 0.480 e. The first-order valence-electron chi connectivity index (χ1n) is 8.07. The molecule has 1 atom stereocenters. The van der Waals surface area contributed by atoms with Crippen LogP contribution in [-0.4, -0.2) is 18.3 Å². The van der Waals surface area contributed by atoms with Gasteiger partial charge in [0.25, 0.3) is 0 Å². The first-order valence-corrected chi connectivity index (χ1v) is 8.07. The fraction of sp³-hybridized carbons (Fsp3) is 0.368. The van der Waals surface area contributed by atoms with E-state index in [1.165, 1.54) is 5.56 Å². The van der Waals surface area contributed by atoms with E-state index < -0.39 is 7.12 Å². The predicted molar refractivity (Wildman–Crippen MR) is 94.9 cm³/mol. The normalized spacial score (nSPS) is 20.5. The quantitative estimate of drug-likeness (QED) is 0.872. The van der Waals surface area contributed by atoms with Crippen LogP contribution in [0.5, 0.6) is 0 Å². The third-order valence-corrected chi connectivity index (χ3v) is 4.94. The molecule has 0 aliphatic carbocycles. The standard InChI is InChI=1S/C19H24BNO2/c1-18(2)19(3,4)23-20(22-18)17(21)16-12-8-11-15(13-16)14-9-6-5-7-10-14/h5-13,17H,21H2,1-4H3/t17-/m1/s1. The lowest BCUT2D eigenvalue weighted by Gasteiger charge is -2.32. The van der Waals surface area contributed by atoms with Gasteiger partial charge < -0.3 is 15.0 Å². The molecule has 3 rings (SSSR count). The SMILES string of the molecule is CC1(C)OB([C@H](N)c2cccc(-c3ccccc3)c2)OC1(C)C. The molecular weight excluding hydrogens is 285 g/mol. The molecule has 2 aromatic rings. The maximum absolute atomic E-state index is 6.44. The molecule has 0 spiro atoms. The lowest BCUT2D eigenvalue weighted by molar-refractivity contribution is 0.00578. The second kappa shape index (κ2) is 5.79. The van der Waals surface area contributed by atoms with Gasteiger partial charge in [0.2, 0.25) is 0 Å². The van der Waals surface area contributed by atoms with Crippen molar-refractivity contribution in [3.8, 4) is 11.1 Å². The number of rotatable bonds is 3. The van der Waals surface area contributed by atoms with Crippen molar-refractivity contribution in [3.63, 3.8) is 0 Å². The van der Waals surface area contributed by atoms with Crippen molar-refractivity contribution in [3.05, 3.63) is 60.2 Å². The molecule has 23 heavy (non-hydrogen) atoms. The Morgan fingerprint density at radius 1 is 0.826 bits per heavy atom. The number of hydrogen-bond donors (Lipinski definition) is 1. The van der Waals surface area contributed by atoms with E-state index in [2.05, 4.69) is 24.3 Å². The van der Waals surface area contributed by atoms with Crippen LogP contribution in [-0.2, 0) is 9.31 Å². The van der Waals surface area contributed by atoms with Crippen LogP contribution in [0.25, 0.3) is 11.1 Å².